The van der Waals surface area contributed by atoms with E-state index in [1.54, 1.807) is 4.90 Å². The fourth-order valence-electron chi connectivity index (χ4n) is 2.93. The van der Waals surface area contributed by atoms with E-state index in [1.165, 1.54) is 32.4 Å². The predicted octanol–water partition coefficient (Wildman–Crippen LogP) is 1.85. The van der Waals surface area contributed by atoms with Gasteiger partial charge in [0.25, 0.3) is 0 Å². The van der Waals surface area contributed by atoms with Crippen molar-refractivity contribution in [2.24, 2.45) is 5.92 Å². The monoisotopic (exact) mass is 376 g/mol. The minimum absolute atomic E-state index is 0.0397. The van der Waals surface area contributed by atoms with E-state index in [0.717, 1.165) is 12.8 Å². The highest BCUT2D eigenvalue weighted by Crippen LogP contribution is 2.22. The van der Waals surface area contributed by atoms with Crippen molar-refractivity contribution in [2.75, 3.05) is 32.6 Å². The average Bonchev–Trinajstić information content (AvgIpc) is 3.05. The van der Waals surface area contributed by atoms with Gasteiger partial charge < -0.3 is 19.7 Å². The highest BCUT2D eigenvalue weighted by Gasteiger charge is 2.34. The molecule has 8 heteroatoms. The standard InChI is InChI=1S/C19H24N2O6/c1-4-5-6-21-11-14(10-16(21)22)17(23)20-15-8-12(18(24)26-2)7-13(9-15)19(25)27-3/h7-9,14H,4-6,10-11H2,1-3H3,(H,20,23)/t14-/m1/s1. The summed E-state index contributed by atoms with van der Waals surface area (Å²) in [4.78, 5) is 49.9. The fourth-order valence-corrected chi connectivity index (χ4v) is 2.93. The van der Waals surface area contributed by atoms with Crippen molar-refractivity contribution >= 4 is 29.4 Å². The number of rotatable bonds is 7. The number of benzene rings is 1. The number of ether oxygens (including phenoxy) is 2. The molecule has 1 aromatic rings. The molecule has 1 atom stereocenters. The number of carbonyl (C=O) groups is 4. The van der Waals surface area contributed by atoms with Crippen molar-refractivity contribution in [1.82, 2.24) is 4.90 Å². The SMILES string of the molecule is CCCCN1C[C@H](C(=O)Nc2cc(C(=O)OC)cc(C(=O)OC)c2)CC1=O. The predicted molar refractivity (Wildman–Crippen MR) is 97.3 cm³/mol. The van der Waals surface area contributed by atoms with E-state index < -0.39 is 17.9 Å². The maximum Gasteiger partial charge on any atom is 0.337 e. The topological polar surface area (TPSA) is 102 Å². The molecule has 1 saturated heterocycles. The van der Waals surface area contributed by atoms with Crippen LogP contribution in [0.15, 0.2) is 18.2 Å². The minimum atomic E-state index is -0.641. The Bertz CT molecular complexity index is 711. The molecule has 1 aliphatic heterocycles. The molecule has 1 aromatic carbocycles. The van der Waals surface area contributed by atoms with E-state index in [0.29, 0.717) is 13.1 Å². The van der Waals surface area contributed by atoms with Crippen molar-refractivity contribution in [3.63, 3.8) is 0 Å². The van der Waals surface area contributed by atoms with Crippen LogP contribution in [0.1, 0.15) is 46.9 Å². The summed E-state index contributed by atoms with van der Waals surface area (Å²) in [6.45, 7) is 3.05. The first kappa shape index (κ1) is 20.4. The zero-order chi connectivity index (χ0) is 20.0. The molecule has 0 saturated carbocycles. The molecule has 1 N–H and O–H groups in total. The number of likely N-dealkylation sites (tertiary alicyclic amines) is 1. The number of methoxy groups -OCH3 is 2. The molecule has 2 rings (SSSR count). The number of nitrogens with one attached hydrogen (secondary N) is 1. The zero-order valence-electron chi connectivity index (χ0n) is 15.7. The van der Waals surface area contributed by atoms with Gasteiger partial charge >= 0.3 is 11.9 Å². The molecular weight excluding hydrogens is 352 g/mol. The summed E-state index contributed by atoms with van der Waals surface area (Å²) in [7, 11) is 2.45. The molecule has 1 heterocycles. The molecule has 0 unspecified atom stereocenters. The van der Waals surface area contributed by atoms with E-state index in [9.17, 15) is 19.2 Å². The molecule has 0 bridgehead atoms. The first-order valence-corrected chi connectivity index (χ1v) is 8.80. The van der Waals surface area contributed by atoms with Crippen LogP contribution in [0.5, 0.6) is 0 Å². The van der Waals surface area contributed by atoms with E-state index in [4.69, 9.17) is 0 Å². The third-order valence-electron chi connectivity index (χ3n) is 4.41. The van der Waals surface area contributed by atoms with E-state index >= 15 is 0 Å². The highest BCUT2D eigenvalue weighted by atomic mass is 16.5. The highest BCUT2D eigenvalue weighted by molar-refractivity contribution is 6.01. The Morgan fingerprint density at radius 1 is 1.11 bits per heavy atom. The third kappa shape index (κ3) is 5.06. The number of nitrogens with zero attached hydrogens (tertiary/aromatic N) is 1. The Labute approximate surface area is 157 Å². The minimum Gasteiger partial charge on any atom is -0.465 e. The lowest BCUT2D eigenvalue weighted by molar-refractivity contribution is -0.128. The van der Waals surface area contributed by atoms with Crippen molar-refractivity contribution in [3.05, 3.63) is 29.3 Å². The van der Waals surface area contributed by atoms with Crippen LogP contribution < -0.4 is 5.32 Å². The van der Waals surface area contributed by atoms with Gasteiger partial charge in [-0.3, -0.25) is 9.59 Å². The molecule has 0 aromatic heterocycles. The van der Waals surface area contributed by atoms with Gasteiger partial charge in [-0.1, -0.05) is 13.3 Å². The van der Waals surface area contributed by atoms with Gasteiger partial charge in [0.15, 0.2) is 0 Å². The van der Waals surface area contributed by atoms with E-state index in [1.807, 2.05) is 6.92 Å². The van der Waals surface area contributed by atoms with Gasteiger partial charge in [-0.2, -0.15) is 0 Å². The van der Waals surface area contributed by atoms with E-state index in [-0.39, 0.29) is 35.0 Å². The summed E-state index contributed by atoms with van der Waals surface area (Å²) in [5, 5.41) is 2.69. The smallest absolute Gasteiger partial charge is 0.337 e. The molecule has 0 aliphatic carbocycles. The number of carbonyl (C=O) groups excluding carboxylic acids is 4. The summed E-state index contributed by atoms with van der Waals surface area (Å²) in [5.74, 6) is -2.13. The van der Waals surface area contributed by atoms with Crippen LogP contribution in [0.3, 0.4) is 0 Å². The summed E-state index contributed by atoms with van der Waals surface area (Å²) in [6, 6.07) is 4.17. The van der Waals surface area contributed by atoms with Crippen molar-refractivity contribution < 1.29 is 28.7 Å². The largest absolute Gasteiger partial charge is 0.465 e. The Kier molecular flexibility index (Phi) is 6.92. The van der Waals surface area contributed by atoms with Crippen LogP contribution in [0.2, 0.25) is 0 Å². The molecule has 8 nitrogen and oxygen atoms in total. The second-order valence-electron chi connectivity index (χ2n) is 6.37. The molecule has 1 fully saturated rings. The summed E-state index contributed by atoms with van der Waals surface area (Å²) in [5.41, 5.74) is 0.494. The van der Waals surface area contributed by atoms with E-state index in [2.05, 4.69) is 14.8 Å². The lowest BCUT2D eigenvalue weighted by atomic mass is 10.1. The molecule has 146 valence electrons. The quantitative estimate of drug-likeness (QED) is 0.729. The Hall–Kier alpha value is -2.90. The molecule has 1 aliphatic rings. The van der Waals surface area contributed by atoms with Gasteiger partial charge in [0, 0.05) is 25.2 Å². The molecule has 27 heavy (non-hydrogen) atoms. The van der Waals surface area contributed by atoms with Crippen molar-refractivity contribution in [1.29, 1.82) is 0 Å². The summed E-state index contributed by atoms with van der Waals surface area (Å²) in [6.07, 6.45) is 2.01. The Balaban J connectivity index is 2.16. The maximum absolute atomic E-state index is 12.6. The van der Waals surface area contributed by atoms with Crippen LogP contribution in [0, 0.1) is 5.92 Å². The normalized spacial score (nSPS) is 16.2. The molecule has 0 radical (unpaired) electrons. The van der Waals surface area contributed by atoms with Gasteiger partial charge in [-0.15, -0.1) is 0 Å². The van der Waals surface area contributed by atoms with Crippen LogP contribution in [-0.2, 0) is 19.1 Å². The first-order chi connectivity index (χ1) is 12.9. The zero-order valence-corrected chi connectivity index (χ0v) is 15.7. The van der Waals surface area contributed by atoms with Gasteiger partial charge in [-0.05, 0) is 24.6 Å². The fraction of sp³-hybridized carbons (Fsp3) is 0.474. The summed E-state index contributed by atoms with van der Waals surface area (Å²) < 4.78 is 9.35. The lowest BCUT2D eigenvalue weighted by Gasteiger charge is -2.16. The number of unbranched alkanes of at least 4 members (excludes halogenated alkanes) is 1. The summed E-state index contributed by atoms with van der Waals surface area (Å²) >= 11 is 0. The van der Waals surface area contributed by atoms with Gasteiger partial charge in [0.05, 0.1) is 31.3 Å². The molecular formula is C19H24N2O6. The van der Waals surface area contributed by atoms with Crippen LogP contribution in [0.25, 0.3) is 0 Å². The molecule has 2 amide bonds. The van der Waals surface area contributed by atoms with Crippen LogP contribution in [0.4, 0.5) is 5.69 Å². The van der Waals surface area contributed by atoms with Crippen LogP contribution >= 0.6 is 0 Å². The number of amides is 2. The average molecular weight is 376 g/mol. The Morgan fingerprint density at radius 3 is 2.22 bits per heavy atom. The second kappa shape index (κ2) is 9.16. The van der Waals surface area contributed by atoms with Crippen molar-refractivity contribution in [2.45, 2.75) is 26.2 Å². The Morgan fingerprint density at radius 2 is 1.70 bits per heavy atom. The van der Waals surface area contributed by atoms with Crippen LogP contribution in [-0.4, -0.2) is 56.0 Å². The van der Waals surface area contributed by atoms with Gasteiger partial charge in [0.2, 0.25) is 11.8 Å². The lowest BCUT2D eigenvalue weighted by Crippen LogP contribution is -2.29. The number of hydrogen-bond acceptors (Lipinski definition) is 6. The maximum atomic E-state index is 12.6. The van der Waals surface area contributed by atoms with Gasteiger partial charge in [0.1, 0.15) is 0 Å². The number of anilines is 1. The molecule has 0 spiro atoms. The van der Waals surface area contributed by atoms with Gasteiger partial charge in [-0.25, -0.2) is 9.59 Å². The first-order valence-electron chi connectivity index (χ1n) is 8.80. The number of hydrogen-bond donors (Lipinski definition) is 1. The van der Waals surface area contributed by atoms with Crippen molar-refractivity contribution in [3.8, 4) is 0 Å². The third-order valence-corrected chi connectivity index (χ3v) is 4.41. The second-order valence-corrected chi connectivity index (χ2v) is 6.37. The number of esters is 2.